The minimum atomic E-state index is -0.268. The van der Waals surface area contributed by atoms with Gasteiger partial charge in [0.2, 0.25) is 0 Å². The first-order valence-corrected chi connectivity index (χ1v) is 10.2. The highest BCUT2D eigenvalue weighted by atomic mass is 16.5. The van der Waals surface area contributed by atoms with Gasteiger partial charge in [-0.15, -0.1) is 5.10 Å². The van der Waals surface area contributed by atoms with Crippen molar-refractivity contribution in [3.63, 3.8) is 0 Å². The zero-order valence-corrected chi connectivity index (χ0v) is 17.9. The van der Waals surface area contributed by atoms with Crippen molar-refractivity contribution in [2.45, 2.75) is 45.8 Å². The molecule has 8 heteroatoms. The number of ether oxygens (including phenoxy) is 3. The van der Waals surface area contributed by atoms with Crippen LogP contribution in [0.1, 0.15) is 47.3 Å². The molecule has 0 radical (unpaired) electrons. The quantitative estimate of drug-likeness (QED) is 0.629. The van der Waals surface area contributed by atoms with E-state index < -0.39 is 0 Å². The number of amides is 1. The average Bonchev–Trinajstić information content (AvgIpc) is 3.21. The second-order valence-electron chi connectivity index (χ2n) is 7.63. The zero-order valence-electron chi connectivity index (χ0n) is 17.9. The SMILES string of the molecule is COc1ccc(C2Cn3nnc(C(=O)NCc4ccc(OC(C)C)cc4)c3CO2)cc1. The molecule has 1 aromatic heterocycles. The Labute approximate surface area is 181 Å². The molecule has 1 aliphatic rings. The van der Waals surface area contributed by atoms with Crippen molar-refractivity contribution in [3.8, 4) is 11.5 Å². The summed E-state index contributed by atoms with van der Waals surface area (Å²) in [5, 5.41) is 11.2. The molecule has 162 valence electrons. The highest BCUT2D eigenvalue weighted by Gasteiger charge is 2.27. The van der Waals surface area contributed by atoms with E-state index in [0.717, 1.165) is 22.6 Å². The number of hydrogen-bond donors (Lipinski definition) is 1. The summed E-state index contributed by atoms with van der Waals surface area (Å²) in [7, 11) is 1.64. The fraction of sp³-hybridized carbons (Fsp3) is 0.348. The van der Waals surface area contributed by atoms with E-state index in [-0.39, 0.29) is 24.7 Å². The fourth-order valence-electron chi connectivity index (χ4n) is 3.43. The third-order valence-electron chi connectivity index (χ3n) is 5.05. The highest BCUT2D eigenvalue weighted by molar-refractivity contribution is 5.93. The molecular weight excluding hydrogens is 396 g/mol. The average molecular weight is 422 g/mol. The smallest absolute Gasteiger partial charge is 0.274 e. The lowest BCUT2D eigenvalue weighted by atomic mass is 10.1. The number of hydrogen-bond acceptors (Lipinski definition) is 6. The Bertz CT molecular complexity index is 1030. The lowest BCUT2D eigenvalue weighted by Crippen LogP contribution is -2.27. The van der Waals surface area contributed by atoms with E-state index >= 15 is 0 Å². The molecule has 8 nitrogen and oxygen atoms in total. The van der Waals surface area contributed by atoms with Crippen molar-refractivity contribution < 1.29 is 19.0 Å². The van der Waals surface area contributed by atoms with E-state index in [4.69, 9.17) is 14.2 Å². The predicted octanol–water partition coefficient (Wildman–Crippen LogP) is 3.28. The number of aromatic nitrogens is 3. The monoisotopic (exact) mass is 422 g/mol. The van der Waals surface area contributed by atoms with Crippen LogP contribution in [0, 0.1) is 0 Å². The molecule has 0 saturated carbocycles. The lowest BCUT2D eigenvalue weighted by Gasteiger charge is -2.24. The Kier molecular flexibility index (Phi) is 6.18. The summed E-state index contributed by atoms with van der Waals surface area (Å²) < 4.78 is 18.6. The standard InChI is InChI=1S/C23H26N4O4/c1-15(2)31-19-8-4-16(5-9-19)12-24-23(28)22-20-14-30-21(13-27(20)26-25-22)17-6-10-18(29-3)11-7-17/h4-11,15,21H,12-14H2,1-3H3,(H,24,28). The maximum Gasteiger partial charge on any atom is 0.274 e. The van der Waals surface area contributed by atoms with Gasteiger partial charge in [0, 0.05) is 6.54 Å². The molecule has 2 aromatic carbocycles. The van der Waals surface area contributed by atoms with E-state index in [1.54, 1.807) is 11.8 Å². The minimum absolute atomic E-state index is 0.122. The molecule has 0 saturated heterocycles. The first-order valence-electron chi connectivity index (χ1n) is 10.2. The van der Waals surface area contributed by atoms with Crippen LogP contribution < -0.4 is 14.8 Å². The van der Waals surface area contributed by atoms with Crippen LogP contribution in [-0.4, -0.2) is 34.1 Å². The Hall–Kier alpha value is -3.39. The number of nitrogens with zero attached hydrogens (tertiary/aromatic N) is 3. The van der Waals surface area contributed by atoms with Crippen molar-refractivity contribution in [1.29, 1.82) is 0 Å². The van der Waals surface area contributed by atoms with Crippen molar-refractivity contribution in [2.75, 3.05) is 7.11 Å². The molecule has 31 heavy (non-hydrogen) atoms. The summed E-state index contributed by atoms with van der Waals surface area (Å²) in [6.45, 7) is 5.13. The summed E-state index contributed by atoms with van der Waals surface area (Å²) in [5.74, 6) is 1.33. The van der Waals surface area contributed by atoms with Crippen molar-refractivity contribution in [2.24, 2.45) is 0 Å². The van der Waals surface area contributed by atoms with Crippen molar-refractivity contribution >= 4 is 5.91 Å². The second-order valence-corrected chi connectivity index (χ2v) is 7.63. The minimum Gasteiger partial charge on any atom is -0.497 e. The summed E-state index contributed by atoms with van der Waals surface area (Å²) in [5.41, 5.74) is 2.98. The van der Waals surface area contributed by atoms with Gasteiger partial charge < -0.3 is 19.5 Å². The molecule has 1 unspecified atom stereocenters. The lowest BCUT2D eigenvalue weighted by molar-refractivity contribution is -0.00179. The van der Waals surface area contributed by atoms with Gasteiger partial charge in [0.1, 0.15) is 17.6 Å². The van der Waals surface area contributed by atoms with E-state index in [0.29, 0.717) is 24.5 Å². The van der Waals surface area contributed by atoms with Crippen molar-refractivity contribution in [3.05, 3.63) is 71.0 Å². The van der Waals surface area contributed by atoms with Gasteiger partial charge in [0.15, 0.2) is 5.69 Å². The Morgan fingerprint density at radius 2 is 1.87 bits per heavy atom. The third kappa shape index (κ3) is 4.86. The van der Waals surface area contributed by atoms with Gasteiger partial charge in [0.25, 0.3) is 5.91 Å². The number of nitrogens with one attached hydrogen (secondary N) is 1. The molecule has 0 fully saturated rings. The normalized spacial score (nSPS) is 15.4. The van der Waals surface area contributed by atoms with Gasteiger partial charge in [-0.3, -0.25) is 4.79 Å². The number of methoxy groups -OCH3 is 1. The fourth-order valence-corrected chi connectivity index (χ4v) is 3.43. The molecule has 2 heterocycles. The molecule has 1 aliphatic heterocycles. The Morgan fingerprint density at radius 1 is 1.16 bits per heavy atom. The van der Waals surface area contributed by atoms with E-state index in [2.05, 4.69) is 15.6 Å². The molecule has 0 spiro atoms. The van der Waals surface area contributed by atoms with E-state index in [9.17, 15) is 4.79 Å². The first kappa shape index (κ1) is 20.9. The number of rotatable bonds is 7. The topological polar surface area (TPSA) is 87.5 Å². The molecule has 0 aliphatic carbocycles. The highest BCUT2D eigenvalue weighted by Crippen LogP contribution is 2.28. The second kappa shape index (κ2) is 9.18. The predicted molar refractivity (Wildman–Crippen MR) is 114 cm³/mol. The van der Waals surface area contributed by atoms with Gasteiger partial charge in [-0.1, -0.05) is 29.5 Å². The summed E-state index contributed by atoms with van der Waals surface area (Å²) in [4.78, 5) is 12.7. The number of fused-ring (bicyclic) bond motifs is 1. The van der Waals surface area contributed by atoms with Gasteiger partial charge in [-0.05, 0) is 49.2 Å². The van der Waals surface area contributed by atoms with Crippen LogP contribution in [-0.2, 0) is 24.4 Å². The maximum atomic E-state index is 12.7. The largest absolute Gasteiger partial charge is 0.497 e. The molecule has 4 rings (SSSR count). The summed E-state index contributed by atoms with van der Waals surface area (Å²) in [6, 6.07) is 15.4. The van der Waals surface area contributed by atoms with Crippen LogP contribution in [0.4, 0.5) is 0 Å². The molecule has 1 amide bonds. The van der Waals surface area contributed by atoms with E-state index in [1.165, 1.54) is 0 Å². The summed E-state index contributed by atoms with van der Waals surface area (Å²) >= 11 is 0. The van der Waals surface area contributed by atoms with Gasteiger partial charge >= 0.3 is 0 Å². The van der Waals surface area contributed by atoms with Gasteiger partial charge in [-0.2, -0.15) is 0 Å². The molecule has 3 aromatic rings. The van der Waals surface area contributed by atoms with E-state index in [1.807, 2.05) is 62.4 Å². The van der Waals surface area contributed by atoms with Gasteiger partial charge in [-0.25, -0.2) is 4.68 Å². The molecule has 1 atom stereocenters. The Balaban J connectivity index is 1.37. The van der Waals surface area contributed by atoms with Crippen LogP contribution in [0.15, 0.2) is 48.5 Å². The number of carbonyl (C=O) groups is 1. The van der Waals surface area contributed by atoms with Crippen LogP contribution >= 0.6 is 0 Å². The third-order valence-corrected chi connectivity index (χ3v) is 5.05. The maximum absolute atomic E-state index is 12.7. The van der Waals surface area contributed by atoms with Crippen LogP contribution in [0.5, 0.6) is 11.5 Å². The van der Waals surface area contributed by atoms with Gasteiger partial charge in [0.05, 0.1) is 32.1 Å². The van der Waals surface area contributed by atoms with Crippen molar-refractivity contribution in [1.82, 2.24) is 20.3 Å². The molecular formula is C23H26N4O4. The Morgan fingerprint density at radius 3 is 2.55 bits per heavy atom. The zero-order chi connectivity index (χ0) is 21.8. The summed E-state index contributed by atoms with van der Waals surface area (Å²) in [6.07, 6.45) is -0.0285. The molecule has 0 bridgehead atoms. The van der Waals surface area contributed by atoms with Crippen LogP contribution in [0.25, 0.3) is 0 Å². The number of carbonyl (C=O) groups excluding carboxylic acids is 1. The van der Waals surface area contributed by atoms with Crippen LogP contribution in [0.3, 0.4) is 0 Å². The van der Waals surface area contributed by atoms with Crippen LogP contribution in [0.2, 0.25) is 0 Å². The molecule has 1 N–H and O–H groups in total. The first-order chi connectivity index (χ1) is 15.0. The number of benzene rings is 2.